The summed E-state index contributed by atoms with van der Waals surface area (Å²) in [7, 11) is 0. The summed E-state index contributed by atoms with van der Waals surface area (Å²) in [5, 5.41) is 0. The van der Waals surface area contributed by atoms with Crippen molar-refractivity contribution in [2.75, 3.05) is 6.61 Å². The topological polar surface area (TPSA) is 9.23 Å². The molecular formula is C22H28O. The number of hydrogen-bond donors (Lipinski definition) is 0. The third-order valence-corrected chi connectivity index (χ3v) is 5.30. The Balaban J connectivity index is 1.67. The first-order valence-electron chi connectivity index (χ1n) is 9.13. The van der Waals surface area contributed by atoms with Crippen LogP contribution >= 0.6 is 0 Å². The van der Waals surface area contributed by atoms with Crippen LogP contribution in [0.25, 0.3) is 11.1 Å². The molecule has 0 amide bonds. The van der Waals surface area contributed by atoms with E-state index in [0.29, 0.717) is 6.61 Å². The summed E-state index contributed by atoms with van der Waals surface area (Å²) in [6.07, 6.45) is 6.88. The average molecular weight is 308 g/mol. The number of hydrogen-bond acceptors (Lipinski definition) is 1. The third kappa shape index (κ3) is 3.96. The van der Waals surface area contributed by atoms with Gasteiger partial charge in [-0.3, -0.25) is 0 Å². The Bertz CT molecular complexity index is 589. The first kappa shape index (κ1) is 16.1. The Morgan fingerprint density at radius 3 is 1.87 bits per heavy atom. The molecule has 23 heavy (non-hydrogen) atoms. The monoisotopic (exact) mass is 308 g/mol. The van der Waals surface area contributed by atoms with E-state index in [1.165, 1.54) is 48.8 Å². The first-order chi connectivity index (χ1) is 11.3. The van der Waals surface area contributed by atoms with Gasteiger partial charge in [-0.25, -0.2) is 0 Å². The summed E-state index contributed by atoms with van der Waals surface area (Å²) in [4.78, 5) is 0. The van der Waals surface area contributed by atoms with Crippen molar-refractivity contribution in [1.29, 1.82) is 0 Å². The van der Waals surface area contributed by atoms with Gasteiger partial charge in [-0.2, -0.15) is 0 Å². The van der Waals surface area contributed by atoms with Crippen molar-refractivity contribution in [2.45, 2.75) is 51.9 Å². The third-order valence-electron chi connectivity index (χ3n) is 5.30. The first-order valence-corrected chi connectivity index (χ1v) is 9.13. The Morgan fingerprint density at radius 2 is 1.35 bits per heavy atom. The predicted molar refractivity (Wildman–Crippen MR) is 98.0 cm³/mol. The van der Waals surface area contributed by atoms with Gasteiger partial charge in [0.25, 0.3) is 0 Å². The second-order valence-electron chi connectivity index (χ2n) is 6.71. The molecule has 0 bridgehead atoms. The normalized spacial score (nSPS) is 21.1. The minimum Gasteiger partial charge on any atom is -0.494 e. The molecule has 0 atom stereocenters. The van der Waals surface area contributed by atoms with Crippen LogP contribution in [0.3, 0.4) is 0 Å². The fourth-order valence-corrected chi connectivity index (χ4v) is 3.76. The summed E-state index contributed by atoms with van der Waals surface area (Å²) in [5.74, 6) is 2.68. The zero-order chi connectivity index (χ0) is 16.1. The molecule has 122 valence electrons. The molecule has 1 heteroatoms. The lowest BCUT2D eigenvalue weighted by Gasteiger charge is -2.28. The molecular weight excluding hydrogens is 280 g/mol. The molecule has 0 spiro atoms. The van der Waals surface area contributed by atoms with Gasteiger partial charge in [-0.05, 0) is 73.3 Å². The van der Waals surface area contributed by atoms with Gasteiger partial charge >= 0.3 is 0 Å². The number of ether oxygens (including phenoxy) is 1. The maximum absolute atomic E-state index is 5.51. The molecule has 1 aliphatic rings. The van der Waals surface area contributed by atoms with E-state index in [1.807, 2.05) is 6.92 Å². The van der Waals surface area contributed by atoms with Crippen molar-refractivity contribution in [3.05, 3.63) is 54.1 Å². The highest BCUT2D eigenvalue weighted by Crippen LogP contribution is 2.37. The molecule has 1 fully saturated rings. The lowest BCUT2D eigenvalue weighted by Crippen LogP contribution is -2.12. The summed E-state index contributed by atoms with van der Waals surface area (Å²) < 4.78 is 5.51. The van der Waals surface area contributed by atoms with E-state index in [9.17, 15) is 0 Å². The maximum Gasteiger partial charge on any atom is 0.119 e. The smallest absolute Gasteiger partial charge is 0.119 e. The number of rotatable bonds is 5. The standard InChI is InChI=1S/C22H28O/c1-3-17-5-7-18(8-6-17)19-9-11-20(12-10-19)21-13-15-22(16-14-21)23-4-2/h9-18H,3-8H2,1-2H3. The highest BCUT2D eigenvalue weighted by Gasteiger charge is 2.21. The van der Waals surface area contributed by atoms with E-state index in [4.69, 9.17) is 4.74 Å². The molecule has 0 N–H and O–H groups in total. The van der Waals surface area contributed by atoms with Gasteiger partial charge in [-0.15, -0.1) is 0 Å². The second kappa shape index (κ2) is 7.68. The zero-order valence-corrected chi connectivity index (χ0v) is 14.4. The van der Waals surface area contributed by atoms with E-state index in [1.54, 1.807) is 0 Å². The van der Waals surface area contributed by atoms with E-state index >= 15 is 0 Å². The summed E-state index contributed by atoms with van der Waals surface area (Å²) in [5.41, 5.74) is 4.07. The van der Waals surface area contributed by atoms with Crippen molar-refractivity contribution in [3.8, 4) is 16.9 Å². The van der Waals surface area contributed by atoms with Crippen LogP contribution in [-0.2, 0) is 0 Å². The van der Waals surface area contributed by atoms with Crippen LogP contribution in [0.15, 0.2) is 48.5 Å². The Hall–Kier alpha value is -1.76. The van der Waals surface area contributed by atoms with Gasteiger partial charge in [0.1, 0.15) is 5.75 Å². The minimum absolute atomic E-state index is 0.717. The molecule has 0 saturated heterocycles. The van der Waals surface area contributed by atoms with Gasteiger partial charge in [0.05, 0.1) is 6.61 Å². The van der Waals surface area contributed by atoms with Crippen LogP contribution < -0.4 is 4.74 Å². The zero-order valence-electron chi connectivity index (χ0n) is 14.4. The summed E-state index contributed by atoms with van der Waals surface area (Å²) in [6, 6.07) is 17.6. The fraction of sp³-hybridized carbons (Fsp3) is 0.455. The molecule has 0 aliphatic heterocycles. The van der Waals surface area contributed by atoms with Crippen molar-refractivity contribution >= 4 is 0 Å². The second-order valence-corrected chi connectivity index (χ2v) is 6.71. The predicted octanol–water partition coefficient (Wildman–Crippen LogP) is 6.44. The Labute approximate surface area is 140 Å². The largest absolute Gasteiger partial charge is 0.494 e. The van der Waals surface area contributed by atoms with Crippen LogP contribution in [0.4, 0.5) is 0 Å². The van der Waals surface area contributed by atoms with Crippen molar-refractivity contribution < 1.29 is 4.74 Å². The molecule has 0 heterocycles. The molecule has 1 aliphatic carbocycles. The Kier molecular flexibility index (Phi) is 5.38. The highest BCUT2D eigenvalue weighted by molar-refractivity contribution is 5.64. The molecule has 1 nitrogen and oxygen atoms in total. The van der Waals surface area contributed by atoms with Crippen molar-refractivity contribution in [1.82, 2.24) is 0 Å². The molecule has 0 unspecified atom stereocenters. The molecule has 1 saturated carbocycles. The van der Waals surface area contributed by atoms with Gasteiger partial charge in [-0.1, -0.05) is 49.7 Å². The fourth-order valence-electron chi connectivity index (χ4n) is 3.76. The van der Waals surface area contributed by atoms with Gasteiger partial charge in [0.2, 0.25) is 0 Å². The van der Waals surface area contributed by atoms with Gasteiger partial charge in [0.15, 0.2) is 0 Å². The van der Waals surface area contributed by atoms with Gasteiger partial charge < -0.3 is 4.74 Å². The van der Waals surface area contributed by atoms with Crippen LogP contribution in [-0.4, -0.2) is 6.61 Å². The quantitative estimate of drug-likeness (QED) is 0.618. The van der Waals surface area contributed by atoms with E-state index in [0.717, 1.165) is 17.6 Å². The van der Waals surface area contributed by atoms with Crippen LogP contribution in [0.1, 0.15) is 57.4 Å². The SMILES string of the molecule is CCOc1ccc(-c2ccc(C3CCC(CC)CC3)cc2)cc1. The van der Waals surface area contributed by atoms with Crippen LogP contribution in [0.5, 0.6) is 5.75 Å². The Morgan fingerprint density at radius 1 is 0.783 bits per heavy atom. The van der Waals surface area contributed by atoms with E-state index in [2.05, 4.69) is 55.5 Å². The lowest BCUT2D eigenvalue weighted by molar-refractivity contribution is 0.319. The summed E-state index contributed by atoms with van der Waals surface area (Å²) >= 11 is 0. The van der Waals surface area contributed by atoms with Gasteiger partial charge in [0, 0.05) is 0 Å². The van der Waals surface area contributed by atoms with Crippen molar-refractivity contribution in [2.24, 2.45) is 5.92 Å². The number of benzene rings is 2. The van der Waals surface area contributed by atoms with Crippen LogP contribution in [0.2, 0.25) is 0 Å². The van der Waals surface area contributed by atoms with E-state index in [-0.39, 0.29) is 0 Å². The molecule has 2 aromatic carbocycles. The minimum atomic E-state index is 0.717. The summed E-state index contributed by atoms with van der Waals surface area (Å²) in [6.45, 7) is 5.06. The molecule has 0 aromatic heterocycles. The van der Waals surface area contributed by atoms with E-state index < -0.39 is 0 Å². The lowest BCUT2D eigenvalue weighted by atomic mass is 9.77. The maximum atomic E-state index is 5.51. The highest BCUT2D eigenvalue weighted by atomic mass is 16.5. The van der Waals surface area contributed by atoms with Crippen molar-refractivity contribution in [3.63, 3.8) is 0 Å². The molecule has 0 radical (unpaired) electrons. The van der Waals surface area contributed by atoms with Crippen LogP contribution in [0, 0.1) is 5.92 Å². The molecule has 3 rings (SSSR count). The average Bonchev–Trinajstić information content (AvgIpc) is 2.63. The molecule has 2 aromatic rings.